The van der Waals surface area contributed by atoms with Gasteiger partial charge in [-0.3, -0.25) is 0 Å². The molecule has 0 radical (unpaired) electrons. The molecule has 0 bridgehead atoms. The third kappa shape index (κ3) is 2.91. The van der Waals surface area contributed by atoms with Gasteiger partial charge in [0.25, 0.3) is 0 Å². The van der Waals surface area contributed by atoms with Crippen LogP contribution in [0.1, 0.15) is 5.56 Å². The lowest BCUT2D eigenvalue weighted by Crippen LogP contribution is -2.01. The number of hydrogen-bond donors (Lipinski definition) is 2. The number of rotatable bonds is 3. The second-order valence-electron chi connectivity index (χ2n) is 3.69. The number of aromatic hydroxyl groups is 1. The Balaban J connectivity index is 2.19. The zero-order chi connectivity index (χ0) is 13.1. The van der Waals surface area contributed by atoms with E-state index in [1.165, 1.54) is 0 Å². The van der Waals surface area contributed by atoms with Gasteiger partial charge in [0.05, 0.1) is 15.2 Å². The fraction of sp³-hybridized carbons (Fsp3) is 0.0769. The molecule has 0 aliphatic carbocycles. The smallest absolute Gasteiger partial charge is 0.122 e. The summed E-state index contributed by atoms with van der Waals surface area (Å²) in [5, 5.41) is 14.1. The zero-order valence-electron chi connectivity index (χ0n) is 9.25. The molecular formula is C13H10BrCl2NO. The second-order valence-corrected chi connectivity index (χ2v) is 5.30. The van der Waals surface area contributed by atoms with Crippen LogP contribution in [0.3, 0.4) is 0 Å². The highest BCUT2D eigenvalue weighted by atomic mass is 79.9. The Morgan fingerprint density at radius 3 is 2.44 bits per heavy atom. The number of phenols is 1. The first kappa shape index (κ1) is 13.5. The molecule has 0 heterocycles. The lowest BCUT2D eigenvalue weighted by atomic mass is 10.2. The van der Waals surface area contributed by atoms with Crippen LogP contribution in [0, 0.1) is 0 Å². The molecule has 0 saturated carbocycles. The summed E-state index contributed by atoms with van der Waals surface area (Å²) in [4.78, 5) is 0. The minimum atomic E-state index is 0.174. The van der Waals surface area contributed by atoms with E-state index in [2.05, 4.69) is 21.2 Å². The molecule has 0 fully saturated rings. The van der Waals surface area contributed by atoms with Gasteiger partial charge < -0.3 is 10.4 Å². The van der Waals surface area contributed by atoms with E-state index < -0.39 is 0 Å². The minimum absolute atomic E-state index is 0.174. The molecule has 2 aromatic rings. The number of phenolic OH excluding ortho intramolecular Hbond substituents is 1. The summed E-state index contributed by atoms with van der Waals surface area (Å²) in [6, 6.07) is 10.6. The van der Waals surface area contributed by atoms with Crippen molar-refractivity contribution in [3.05, 3.63) is 56.5 Å². The Hall–Kier alpha value is -0.900. The lowest BCUT2D eigenvalue weighted by Gasteiger charge is -2.11. The first-order valence-corrected chi connectivity index (χ1v) is 6.78. The molecule has 94 valence electrons. The third-order valence-electron chi connectivity index (χ3n) is 2.50. The van der Waals surface area contributed by atoms with Crippen molar-refractivity contribution in [1.29, 1.82) is 0 Å². The van der Waals surface area contributed by atoms with Crippen molar-refractivity contribution in [2.24, 2.45) is 0 Å². The molecule has 18 heavy (non-hydrogen) atoms. The van der Waals surface area contributed by atoms with Crippen molar-refractivity contribution in [3.8, 4) is 5.75 Å². The molecule has 2 rings (SSSR count). The number of benzene rings is 2. The molecule has 0 unspecified atom stereocenters. The molecule has 5 heteroatoms. The van der Waals surface area contributed by atoms with Crippen LogP contribution in [-0.4, -0.2) is 5.11 Å². The molecule has 0 aliphatic heterocycles. The molecule has 0 aromatic heterocycles. The molecule has 0 atom stereocenters. The van der Waals surface area contributed by atoms with E-state index in [0.717, 1.165) is 10.2 Å². The number of halogens is 3. The van der Waals surface area contributed by atoms with Crippen molar-refractivity contribution in [2.45, 2.75) is 6.54 Å². The maximum atomic E-state index is 9.73. The summed E-state index contributed by atoms with van der Waals surface area (Å²) < 4.78 is 0.790. The van der Waals surface area contributed by atoms with Crippen molar-refractivity contribution in [2.75, 3.05) is 5.32 Å². The average molecular weight is 347 g/mol. The van der Waals surface area contributed by atoms with Crippen LogP contribution in [0.2, 0.25) is 10.0 Å². The standard InChI is InChI=1S/C13H10BrCl2NO/c14-13-10(16)4-1-5-11(13)17-7-8-9(15)3-2-6-12(8)18/h1-6,17-18H,7H2. The van der Waals surface area contributed by atoms with E-state index in [4.69, 9.17) is 23.2 Å². The summed E-state index contributed by atoms with van der Waals surface area (Å²) in [5.74, 6) is 0.174. The van der Waals surface area contributed by atoms with Crippen molar-refractivity contribution >= 4 is 44.8 Å². The van der Waals surface area contributed by atoms with Crippen LogP contribution in [0.25, 0.3) is 0 Å². The maximum Gasteiger partial charge on any atom is 0.122 e. The quantitative estimate of drug-likeness (QED) is 0.812. The van der Waals surface area contributed by atoms with Crippen molar-refractivity contribution in [3.63, 3.8) is 0 Å². The van der Waals surface area contributed by atoms with Crippen LogP contribution in [0.5, 0.6) is 5.75 Å². The minimum Gasteiger partial charge on any atom is -0.508 e. The van der Waals surface area contributed by atoms with E-state index in [1.807, 2.05) is 12.1 Å². The number of anilines is 1. The predicted molar refractivity (Wildman–Crippen MR) is 79.6 cm³/mol. The largest absolute Gasteiger partial charge is 0.508 e. The molecule has 2 aromatic carbocycles. The monoisotopic (exact) mass is 345 g/mol. The molecule has 0 aliphatic rings. The Kier molecular flexibility index (Phi) is 4.38. The van der Waals surface area contributed by atoms with Gasteiger partial charge in [-0.15, -0.1) is 0 Å². The van der Waals surface area contributed by atoms with Crippen LogP contribution in [-0.2, 0) is 6.54 Å². The Morgan fingerprint density at radius 1 is 1.06 bits per heavy atom. The van der Waals surface area contributed by atoms with Gasteiger partial charge in [0, 0.05) is 17.1 Å². The van der Waals surface area contributed by atoms with Crippen LogP contribution >= 0.6 is 39.1 Å². The third-order valence-corrected chi connectivity index (χ3v) is 4.25. The predicted octanol–water partition coefficient (Wildman–Crippen LogP) is 5.07. The molecular weight excluding hydrogens is 337 g/mol. The summed E-state index contributed by atoms with van der Waals surface area (Å²) in [6.45, 7) is 0.421. The molecule has 0 saturated heterocycles. The molecule has 2 N–H and O–H groups in total. The van der Waals surface area contributed by atoms with Gasteiger partial charge in [-0.1, -0.05) is 35.3 Å². The van der Waals surface area contributed by atoms with Crippen LogP contribution < -0.4 is 5.32 Å². The van der Waals surface area contributed by atoms with E-state index in [9.17, 15) is 5.11 Å². The van der Waals surface area contributed by atoms with E-state index in [1.54, 1.807) is 24.3 Å². The van der Waals surface area contributed by atoms with E-state index >= 15 is 0 Å². The fourth-order valence-electron chi connectivity index (χ4n) is 1.55. The van der Waals surface area contributed by atoms with Crippen molar-refractivity contribution < 1.29 is 5.11 Å². The summed E-state index contributed by atoms with van der Waals surface area (Å²) >= 11 is 15.4. The van der Waals surface area contributed by atoms with Gasteiger partial charge in [0.15, 0.2) is 0 Å². The van der Waals surface area contributed by atoms with Crippen LogP contribution in [0.15, 0.2) is 40.9 Å². The highest BCUT2D eigenvalue weighted by Crippen LogP contribution is 2.32. The van der Waals surface area contributed by atoms with Gasteiger partial charge in [0.2, 0.25) is 0 Å². The highest BCUT2D eigenvalue weighted by Gasteiger charge is 2.08. The molecule has 0 amide bonds. The Labute approximate surface area is 124 Å². The molecule has 2 nitrogen and oxygen atoms in total. The van der Waals surface area contributed by atoms with Gasteiger partial charge in [-0.05, 0) is 40.2 Å². The van der Waals surface area contributed by atoms with Crippen molar-refractivity contribution in [1.82, 2.24) is 0 Å². The van der Waals surface area contributed by atoms with Gasteiger partial charge in [-0.2, -0.15) is 0 Å². The van der Waals surface area contributed by atoms with E-state index in [-0.39, 0.29) is 5.75 Å². The SMILES string of the molecule is Oc1cccc(Cl)c1CNc1cccc(Cl)c1Br. The van der Waals surface area contributed by atoms with Crippen LogP contribution in [0.4, 0.5) is 5.69 Å². The highest BCUT2D eigenvalue weighted by molar-refractivity contribution is 9.10. The maximum absolute atomic E-state index is 9.73. The lowest BCUT2D eigenvalue weighted by molar-refractivity contribution is 0.469. The topological polar surface area (TPSA) is 32.3 Å². The normalized spacial score (nSPS) is 10.4. The number of nitrogens with one attached hydrogen (secondary N) is 1. The summed E-state index contributed by atoms with van der Waals surface area (Å²) in [7, 11) is 0. The fourth-order valence-corrected chi connectivity index (χ4v) is 2.36. The second kappa shape index (κ2) is 5.83. The zero-order valence-corrected chi connectivity index (χ0v) is 12.4. The Morgan fingerprint density at radius 2 is 1.72 bits per heavy atom. The first-order valence-electron chi connectivity index (χ1n) is 5.24. The van der Waals surface area contributed by atoms with Gasteiger partial charge in [-0.25, -0.2) is 0 Å². The summed E-state index contributed by atoms with van der Waals surface area (Å²) in [5.41, 5.74) is 1.51. The molecule has 0 spiro atoms. The Bertz CT molecular complexity index is 555. The number of hydrogen-bond acceptors (Lipinski definition) is 2. The van der Waals surface area contributed by atoms with E-state index in [0.29, 0.717) is 22.2 Å². The first-order chi connectivity index (χ1) is 8.59. The average Bonchev–Trinajstić information content (AvgIpc) is 2.33. The van der Waals surface area contributed by atoms with Gasteiger partial charge >= 0.3 is 0 Å². The summed E-state index contributed by atoms with van der Waals surface area (Å²) in [6.07, 6.45) is 0. The van der Waals surface area contributed by atoms with Gasteiger partial charge in [0.1, 0.15) is 5.75 Å².